The zero-order valence-corrected chi connectivity index (χ0v) is 16.4. The summed E-state index contributed by atoms with van der Waals surface area (Å²) in [5.74, 6) is -0.567. The van der Waals surface area contributed by atoms with Gasteiger partial charge in [0.05, 0.1) is 9.82 Å². The van der Waals surface area contributed by atoms with E-state index in [9.17, 15) is 28.1 Å². The third-order valence-corrected chi connectivity index (χ3v) is 6.64. The van der Waals surface area contributed by atoms with Crippen LogP contribution in [-0.4, -0.2) is 41.9 Å². The summed E-state index contributed by atoms with van der Waals surface area (Å²) in [6, 6.07) is 10.0. The van der Waals surface area contributed by atoms with Gasteiger partial charge >= 0.3 is 0 Å². The summed E-state index contributed by atoms with van der Waals surface area (Å²) in [5, 5.41) is 13.4. The van der Waals surface area contributed by atoms with E-state index in [1.165, 1.54) is 19.1 Å². The first kappa shape index (κ1) is 20.6. The highest BCUT2D eigenvalue weighted by molar-refractivity contribution is 7.89. The second kappa shape index (κ2) is 8.10. The lowest BCUT2D eigenvalue weighted by Crippen LogP contribution is -2.43. The van der Waals surface area contributed by atoms with Crippen molar-refractivity contribution in [3.8, 4) is 0 Å². The summed E-state index contributed by atoms with van der Waals surface area (Å²) >= 11 is 0. The topological polar surface area (TPSA) is 127 Å². The van der Waals surface area contributed by atoms with Crippen LogP contribution in [0.2, 0.25) is 0 Å². The van der Waals surface area contributed by atoms with Gasteiger partial charge in [-0.05, 0) is 56.2 Å². The van der Waals surface area contributed by atoms with Crippen LogP contribution in [0, 0.1) is 10.1 Å². The van der Waals surface area contributed by atoms with Gasteiger partial charge in [-0.1, -0.05) is 0 Å². The molecule has 2 aromatic rings. The van der Waals surface area contributed by atoms with Crippen LogP contribution in [-0.2, 0) is 14.8 Å². The van der Waals surface area contributed by atoms with Crippen molar-refractivity contribution in [2.24, 2.45) is 0 Å². The summed E-state index contributed by atoms with van der Waals surface area (Å²) in [4.78, 5) is 34.1. The summed E-state index contributed by atoms with van der Waals surface area (Å²) in [7, 11) is -3.98. The van der Waals surface area contributed by atoms with Crippen molar-refractivity contribution in [1.29, 1.82) is 0 Å². The molecule has 0 saturated carbocycles. The van der Waals surface area contributed by atoms with Gasteiger partial charge in [-0.25, -0.2) is 8.42 Å². The zero-order valence-electron chi connectivity index (χ0n) is 15.6. The molecule has 1 saturated heterocycles. The van der Waals surface area contributed by atoms with Gasteiger partial charge in [0, 0.05) is 29.9 Å². The molecule has 0 aromatic heterocycles. The maximum atomic E-state index is 12.9. The second-order valence-corrected chi connectivity index (χ2v) is 8.54. The largest absolute Gasteiger partial charge is 0.325 e. The first-order valence-corrected chi connectivity index (χ1v) is 10.3. The van der Waals surface area contributed by atoms with Crippen molar-refractivity contribution in [2.75, 3.05) is 11.9 Å². The van der Waals surface area contributed by atoms with E-state index in [4.69, 9.17) is 0 Å². The quantitative estimate of drug-likeness (QED) is 0.437. The second-order valence-electron chi connectivity index (χ2n) is 6.65. The van der Waals surface area contributed by atoms with Crippen LogP contribution in [0.3, 0.4) is 0 Å². The number of nitrogens with zero attached hydrogens (tertiary/aromatic N) is 2. The average Bonchev–Trinajstić information content (AvgIpc) is 3.19. The Morgan fingerprint density at radius 2 is 1.72 bits per heavy atom. The minimum atomic E-state index is -3.98. The van der Waals surface area contributed by atoms with Gasteiger partial charge in [-0.15, -0.1) is 0 Å². The molecular formula is C19H19N3O6S. The molecule has 1 aliphatic rings. The molecule has 1 atom stereocenters. The molecule has 1 unspecified atom stereocenters. The molecule has 152 valence electrons. The molecule has 9 nitrogen and oxygen atoms in total. The van der Waals surface area contributed by atoms with Crippen molar-refractivity contribution in [1.82, 2.24) is 4.31 Å². The molecular weight excluding hydrogens is 398 g/mol. The van der Waals surface area contributed by atoms with Crippen LogP contribution in [0.5, 0.6) is 0 Å². The number of amides is 1. The van der Waals surface area contributed by atoms with E-state index in [-0.39, 0.29) is 22.9 Å². The van der Waals surface area contributed by atoms with E-state index in [1.54, 1.807) is 24.3 Å². The first-order valence-electron chi connectivity index (χ1n) is 8.88. The van der Waals surface area contributed by atoms with Gasteiger partial charge in [-0.2, -0.15) is 4.31 Å². The highest BCUT2D eigenvalue weighted by atomic mass is 32.2. The van der Waals surface area contributed by atoms with E-state index >= 15 is 0 Å². The van der Waals surface area contributed by atoms with Crippen LogP contribution in [0.4, 0.5) is 11.4 Å². The molecule has 1 fully saturated rings. The third-order valence-electron chi connectivity index (χ3n) is 4.72. The Morgan fingerprint density at radius 3 is 2.28 bits per heavy atom. The van der Waals surface area contributed by atoms with E-state index in [2.05, 4.69) is 5.32 Å². The predicted octanol–water partition coefficient (Wildman–Crippen LogP) is 2.59. The highest BCUT2D eigenvalue weighted by Gasteiger charge is 2.39. The van der Waals surface area contributed by atoms with E-state index in [1.807, 2.05) is 0 Å². The van der Waals surface area contributed by atoms with Gasteiger partial charge < -0.3 is 5.32 Å². The summed E-state index contributed by atoms with van der Waals surface area (Å²) in [6.45, 7) is 1.62. The normalized spacial score (nSPS) is 17.1. The molecule has 0 spiro atoms. The monoisotopic (exact) mass is 417 g/mol. The average molecular weight is 417 g/mol. The fraction of sp³-hybridized carbons (Fsp3) is 0.263. The van der Waals surface area contributed by atoms with Crippen molar-refractivity contribution in [3.63, 3.8) is 0 Å². The van der Waals surface area contributed by atoms with Crippen molar-refractivity contribution >= 4 is 33.1 Å². The fourth-order valence-electron chi connectivity index (χ4n) is 3.18. The number of non-ortho nitro benzene ring substituents is 1. The Balaban J connectivity index is 1.78. The number of nitrogens with one attached hydrogen (secondary N) is 1. The Hall–Kier alpha value is -3.11. The van der Waals surface area contributed by atoms with Crippen LogP contribution in [0.15, 0.2) is 53.4 Å². The van der Waals surface area contributed by atoms with Crippen molar-refractivity contribution < 1.29 is 22.9 Å². The Bertz CT molecular complexity index is 1050. The van der Waals surface area contributed by atoms with Crippen LogP contribution < -0.4 is 5.32 Å². The molecule has 10 heteroatoms. The van der Waals surface area contributed by atoms with Crippen LogP contribution in [0.1, 0.15) is 30.1 Å². The number of benzene rings is 2. The number of carbonyl (C=O) groups is 2. The SMILES string of the molecule is CC(=O)c1ccc(NC(=O)C2CCCN2S(=O)(=O)c2ccc([N+](=O)[O-])cc2)cc1. The minimum absolute atomic E-state index is 0.0981. The number of sulfonamides is 1. The standard InChI is InChI=1S/C19H19N3O6S/c1-13(23)14-4-6-15(7-5-14)20-19(24)18-3-2-12-21(18)29(27,28)17-10-8-16(9-11-17)22(25)26/h4-11,18H,2-3,12H2,1H3,(H,20,24). The molecule has 1 heterocycles. The number of hydrogen-bond acceptors (Lipinski definition) is 6. The first-order chi connectivity index (χ1) is 13.7. The molecule has 1 amide bonds. The van der Waals surface area contributed by atoms with E-state index < -0.39 is 26.9 Å². The lowest BCUT2D eigenvalue weighted by atomic mass is 10.1. The van der Waals surface area contributed by atoms with Gasteiger partial charge in [0.15, 0.2) is 5.78 Å². The van der Waals surface area contributed by atoms with Crippen LogP contribution >= 0.6 is 0 Å². The van der Waals surface area contributed by atoms with Crippen molar-refractivity contribution in [2.45, 2.75) is 30.7 Å². The number of rotatable bonds is 6. The lowest BCUT2D eigenvalue weighted by molar-refractivity contribution is -0.384. The minimum Gasteiger partial charge on any atom is -0.325 e. The van der Waals surface area contributed by atoms with Gasteiger partial charge in [0.1, 0.15) is 6.04 Å². The van der Waals surface area contributed by atoms with Gasteiger partial charge in [-0.3, -0.25) is 19.7 Å². The molecule has 3 rings (SSSR count). The smallest absolute Gasteiger partial charge is 0.269 e. The molecule has 1 aliphatic heterocycles. The maximum absolute atomic E-state index is 12.9. The number of ketones is 1. The Morgan fingerprint density at radius 1 is 1.10 bits per heavy atom. The number of anilines is 1. The van der Waals surface area contributed by atoms with E-state index in [0.717, 1.165) is 16.4 Å². The third kappa shape index (κ3) is 4.33. The van der Waals surface area contributed by atoms with Crippen molar-refractivity contribution in [3.05, 3.63) is 64.2 Å². The maximum Gasteiger partial charge on any atom is 0.269 e. The summed E-state index contributed by atoms with van der Waals surface area (Å²) in [5.41, 5.74) is 0.750. The molecule has 2 aromatic carbocycles. The Kier molecular flexibility index (Phi) is 5.76. The summed E-state index contributed by atoms with van der Waals surface area (Å²) < 4.78 is 27.0. The Labute approximate surface area is 167 Å². The molecule has 0 bridgehead atoms. The summed E-state index contributed by atoms with van der Waals surface area (Å²) in [6.07, 6.45) is 0.886. The van der Waals surface area contributed by atoms with E-state index in [0.29, 0.717) is 24.1 Å². The molecule has 0 aliphatic carbocycles. The van der Waals surface area contributed by atoms with Gasteiger partial charge in [0.2, 0.25) is 15.9 Å². The number of hydrogen-bond donors (Lipinski definition) is 1. The number of nitro benzene ring substituents is 1. The predicted molar refractivity (Wildman–Crippen MR) is 105 cm³/mol. The molecule has 29 heavy (non-hydrogen) atoms. The lowest BCUT2D eigenvalue weighted by Gasteiger charge is -2.23. The zero-order chi connectivity index (χ0) is 21.2. The highest BCUT2D eigenvalue weighted by Crippen LogP contribution is 2.28. The molecule has 1 N–H and O–H groups in total. The number of Topliss-reactive ketones (excluding diaryl/α,β-unsaturated/α-hetero) is 1. The number of nitro groups is 1. The van der Waals surface area contributed by atoms with Crippen LogP contribution in [0.25, 0.3) is 0 Å². The molecule has 0 radical (unpaired) electrons. The van der Waals surface area contributed by atoms with Gasteiger partial charge in [0.25, 0.3) is 5.69 Å². The number of carbonyl (C=O) groups excluding carboxylic acids is 2. The fourth-order valence-corrected chi connectivity index (χ4v) is 4.84.